The lowest BCUT2D eigenvalue weighted by molar-refractivity contribution is -0.240. The SMILES string of the molecule is COC(=O)[C@@H](C)OC(O)Oc1c2n(ccc1=O)N([C@@H]1c3ccccc3SCc3c1ccc(F)c3F)[C@@H]1COCCN1C2=O. The Kier molecular flexibility index (Phi) is 7.85. The molecule has 0 radical (unpaired) electrons. The molecule has 1 unspecified atom stereocenters. The molecule has 0 aliphatic carbocycles. The molecule has 6 rings (SSSR count). The third-order valence-electron chi connectivity index (χ3n) is 7.61. The van der Waals surface area contributed by atoms with E-state index < -0.39 is 59.5 Å². The Morgan fingerprint density at radius 3 is 2.72 bits per heavy atom. The molecule has 0 spiro atoms. The highest BCUT2D eigenvalue weighted by Gasteiger charge is 2.46. The van der Waals surface area contributed by atoms with Crippen molar-refractivity contribution in [2.75, 3.05) is 31.9 Å². The second kappa shape index (κ2) is 11.6. The molecule has 1 saturated heterocycles. The molecule has 3 aliphatic rings. The standard InChI is InChI=1S/C29H27F2N3O8S/c1-15(28(37)39-2)41-29(38)42-26-20(35)9-10-33-25(26)27(36)32-11-12-40-13-22(32)34(33)24-16-7-8-19(30)23(31)18(16)14-43-21-6-4-3-5-17(21)24/h3-10,15,22,24,29,38H,11-14H2,1-2H3/t15-,22-,24+,29?/m1/s1. The minimum Gasteiger partial charge on any atom is -0.467 e. The van der Waals surface area contributed by atoms with E-state index in [-0.39, 0.29) is 36.8 Å². The van der Waals surface area contributed by atoms with Gasteiger partial charge in [-0.15, -0.1) is 11.8 Å². The minimum atomic E-state index is -2.11. The summed E-state index contributed by atoms with van der Waals surface area (Å²) in [6.45, 7) is -0.322. The Morgan fingerprint density at radius 2 is 1.93 bits per heavy atom. The topological polar surface area (TPSA) is 120 Å². The summed E-state index contributed by atoms with van der Waals surface area (Å²) < 4.78 is 52.2. The van der Waals surface area contributed by atoms with Crippen molar-refractivity contribution in [3.05, 3.63) is 92.9 Å². The number of esters is 1. The summed E-state index contributed by atoms with van der Waals surface area (Å²) >= 11 is 1.36. The maximum absolute atomic E-state index is 15.3. The highest BCUT2D eigenvalue weighted by Crippen LogP contribution is 2.45. The molecule has 226 valence electrons. The average Bonchev–Trinajstić information content (AvgIpc) is 3.17. The largest absolute Gasteiger partial charge is 0.467 e. The average molecular weight is 616 g/mol. The van der Waals surface area contributed by atoms with Crippen molar-refractivity contribution in [3.8, 4) is 5.75 Å². The fraction of sp³-hybridized carbons (Fsp3) is 0.345. The van der Waals surface area contributed by atoms with Gasteiger partial charge in [0.15, 0.2) is 23.4 Å². The number of aliphatic hydroxyl groups is 1. The number of rotatable bonds is 6. The molecule has 1 aromatic heterocycles. The molecule has 4 heterocycles. The molecule has 1 fully saturated rings. The van der Waals surface area contributed by atoms with Crippen LogP contribution in [-0.4, -0.2) is 72.2 Å². The van der Waals surface area contributed by atoms with Crippen LogP contribution in [-0.2, 0) is 24.8 Å². The third-order valence-corrected chi connectivity index (χ3v) is 8.72. The van der Waals surface area contributed by atoms with E-state index >= 15 is 4.39 Å². The number of nitrogens with zero attached hydrogens (tertiary/aromatic N) is 3. The van der Waals surface area contributed by atoms with Crippen LogP contribution in [0.25, 0.3) is 0 Å². The van der Waals surface area contributed by atoms with Crippen molar-refractivity contribution in [2.45, 2.75) is 42.4 Å². The van der Waals surface area contributed by atoms with Crippen LogP contribution in [0.5, 0.6) is 5.75 Å². The summed E-state index contributed by atoms with van der Waals surface area (Å²) in [6.07, 6.45) is -0.574. The van der Waals surface area contributed by atoms with Crippen molar-refractivity contribution >= 4 is 23.6 Å². The van der Waals surface area contributed by atoms with E-state index in [2.05, 4.69) is 4.74 Å². The Hall–Kier alpha value is -3.98. The summed E-state index contributed by atoms with van der Waals surface area (Å²) in [5.41, 5.74) is 0.451. The molecule has 4 atom stereocenters. The fourth-order valence-corrected chi connectivity index (χ4v) is 6.72. The first-order valence-electron chi connectivity index (χ1n) is 13.4. The summed E-state index contributed by atoms with van der Waals surface area (Å²) in [4.78, 5) is 41.2. The molecule has 3 aliphatic heterocycles. The number of thioether (sulfide) groups is 1. The number of hydrogen-bond donors (Lipinski definition) is 1. The third kappa shape index (κ3) is 5.03. The Balaban J connectivity index is 1.54. The summed E-state index contributed by atoms with van der Waals surface area (Å²) in [5, 5.41) is 12.3. The normalized spacial score (nSPS) is 20.6. The van der Waals surface area contributed by atoms with Crippen molar-refractivity contribution in [3.63, 3.8) is 0 Å². The second-order valence-corrected chi connectivity index (χ2v) is 11.0. The zero-order valence-electron chi connectivity index (χ0n) is 23.1. The van der Waals surface area contributed by atoms with Crippen LogP contribution < -0.4 is 15.2 Å². The van der Waals surface area contributed by atoms with E-state index in [9.17, 15) is 23.9 Å². The van der Waals surface area contributed by atoms with Crippen LogP contribution in [0.1, 0.15) is 40.1 Å². The van der Waals surface area contributed by atoms with E-state index in [4.69, 9.17) is 14.2 Å². The number of carbonyl (C=O) groups is 2. The molecule has 1 N–H and O–H groups in total. The van der Waals surface area contributed by atoms with E-state index in [1.165, 1.54) is 40.5 Å². The van der Waals surface area contributed by atoms with Gasteiger partial charge in [-0.1, -0.05) is 24.3 Å². The number of pyridine rings is 1. The number of benzene rings is 2. The summed E-state index contributed by atoms with van der Waals surface area (Å²) in [7, 11) is 1.14. The molecule has 2 aromatic carbocycles. The highest BCUT2D eigenvalue weighted by atomic mass is 32.2. The number of amides is 1. The number of fused-ring (bicyclic) bond motifs is 4. The van der Waals surface area contributed by atoms with Crippen LogP contribution >= 0.6 is 11.8 Å². The van der Waals surface area contributed by atoms with Crippen molar-refractivity contribution < 1.29 is 42.4 Å². The van der Waals surface area contributed by atoms with Crippen LogP contribution in [0.4, 0.5) is 8.78 Å². The van der Waals surface area contributed by atoms with Crippen LogP contribution in [0.3, 0.4) is 0 Å². The van der Waals surface area contributed by atoms with Gasteiger partial charge in [-0.25, -0.2) is 13.6 Å². The first-order chi connectivity index (χ1) is 20.7. The van der Waals surface area contributed by atoms with Gasteiger partial charge in [-0.2, -0.15) is 0 Å². The van der Waals surface area contributed by atoms with E-state index in [0.717, 1.165) is 29.7 Å². The summed E-state index contributed by atoms with van der Waals surface area (Å²) in [6, 6.07) is 10.4. The fourth-order valence-electron chi connectivity index (χ4n) is 5.61. The molecule has 43 heavy (non-hydrogen) atoms. The Morgan fingerprint density at radius 1 is 1.14 bits per heavy atom. The lowest BCUT2D eigenvalue weighted by atomic mass is 9.93. The van der Waals surface area contributed by atoms with Gasteiger partial charge in [0.05, 0.1) is 26.4 Å². The van der Waals surface area contributed by atoms with E-state index in [0.29, 0.717) is 5.56 Å². The van der Waals surface area contributed by atoms with Crippen LogP contribution in [0.15, 0.2) is 58.4 Å². The quantitative estimate of drug-likeness (QED) is 0.327. The van der Waals surface area contributed by atoms with Crippen molar-refractivity contribution in [2.24, 2.45) is 0 Å². The minimum absolute atomic E-state index is 0.0840. The maximum Gasteiger partial charge on any atom is 0.334 e. The number of methoxy groups -OCH3 is 1. The predicted molar refractivity (Wildman–Crippen MR) is 148 cm³/mol. The van der Waals surface area contributed by atoms with Gasteiger partial charge >= 0.3 is 12.4 Å². The number of halogens is 2. The van der Waals surface area contributed by atoms with Gasteiger partial charge in [-0.05, 0) is 30.2 Å². The molecule has 0 bridgehead atoms. The summed E-state index contributed by atoms with van der Waals surface area (Å²) in [5.74, 6) is -3.66. The first kappa shape index (κ1) is 29.1. The number of ether oxygens (including phenoxy) is 4. The number of hydrogen-bond acceptors (Lipinski definition) is 10. The predicted octanol–water partition coefficient (Wildman–Crippen LogP) is 2.50. The first-order valence-corrected chi connectivity index (χ1v) is 14.4. The van der Waals surface area contributed by atoms with Crippen molar-refractivity contribution in [1.82, 2.24) is 9.58 Å². The van der Waals surface area contributed by atoms with Gasteiger partial charge in [-0.3, -0.25) is 19.3 Å². The van der Waals surface area contributed by atoms with Gasteiger partial charge < -0.3 is 29.0 Å². The zero-order valence-corrected chi connectivity index (χ0v) is 23.9. The molecule has 1 amide bonds. The smallest absolute Gasteiger partial charge is 0.334 e. The maximum atomic E-state index is 15.3. The Bertz CT molecular complexity index is 1650. The Labute approximate surface area is 248 Å². The highest BCUT2D eigenvalue weighted by molar-refractivity contribution is 7.98. The molecule has 14 heteroatoms. The molecule has 0 saturated carbocycles. The zero-order chi connectivity index (χ0) is 30.4. The number of aliphatic hydroxyl groups excluding tert-OH is 1. The number of carbonyl (C=O) groups excluding carboxylic acids is 2. The van der Waals surface area contributed by atoms with Gasteiger partial charge in [0.1, 0.15) is 6.17 Å². The van der Waals surface area contributed by atoms with Gasteiger partial charge in [0.2, 0.25) is 11.2 Å². The van der Waals surface area contributed by atoms with Crippen LogP contribution in [0, 0.1) is 11.6 Å². The van der Waals surface area contributed by atoms with Gasteiger partial charge in [0.25, 0.3) is 5.91 Å². The van der Waals surface area contributed by atoms with Gasteiger partial charge in [0, 0.05) is 35.0 Å². The van der Waals surface area contributed by atoms with E-state index in [1.807, 2.05) is 24.3 Å². The lowest BCUT2D eigenvalue weighted by Crippen LogP contribution is -2.66. The van der Waals surface area contributed by atoms with Crippen LogP contribution in [0.2, 0.25) is 0 Å². The van der Waals surface area contributed by atoms with Crippen molar-refractivity contribution in [1.29, 1.82) is 0 Å². The molecular weight excluding hydrogens is 588 g/mol. The van der Waals surface area contributed by atoms with E-state index in [1.54, 1.807) is 5.01 Å². The number of morpholine rings is 1. The lowest BCUT2D eigenvalue weighted by Gasteiger charge is -2.51. The monoisotopic (exact) mass is 615 g/mol. The molecule has 11 nitrogen and oxygen atoms in total. The number of aromatic nitrogens is 1. The molecular formula is C29H27F2N3O8S. The second-order valence-electron chi connectivity index (χ2n) is 10.0. The molecule has 3 aromatic rings.